The molecule has 0 atom stereocenters. The lowest BCUT2D eigenvalue weighted by atomic mass is 10.0. The first kappa shape index (κ1) is 14.1. The van der Waals surface area contributed by atoms with E-state index < -0.39 is 4.92 Å². The molecule has 0 aromatic heterocycles. The van der Waals surface area contributed by atoms with Crippen LogP contribution in [-0.2, 0) is 6.42 Å². The van der Waals surface area contributed by atoms with Crippen LogP contribution < -0.4 is 4.90 Å². The number of benzene rings is 2. The molecule has 0 aliphatic carbocycles. The lowest BCUT2D eigenvalue weighted by molar-refractivity contribution is -0.384. The van der Waals surface area contributed by atoms with Crippen molar-refractivity contribution < 1.29 is 10.1 Å². The summed E-state index contributed by atoms with van der Waals surface area (Å²) in [6.07, 6.45) is 1.91. The highest BCUT2D eigenvalue weighted by Gasteiger charge is 2.23. The quantitative estimate of drug-likeness (QED) is 0.303. The lowest BCUT2D eigenvalue weighted by Crippen LogP contribution is -2.36. The van der Waals surface area contributed by atoms with Crippen molar-refractivity contribution in [3.63, 3.8) is 0 Å². The predicted molar refractivity (Wildman–Crippen MR) is 83.5 cm³/mol. The van der Waals surface area contributed by atoms with Crippen molar-refractivity contribution >= 4 is 17.2 Å². The van der Waals surface area contributed by atoms with Gasteiger partial charge in [-0.1, -0.05) is 35.5 Å². The SMILES string of the molecule is O=[N+]([O-])c1cccc(/C(=N/O)N2CCCc3ccccc32)c1. The molecule has 22 heavy (non-hydrogen) atoms. The maximum Gasteiger partial charge on any atom is 0.270 e. The maximum atomic E-state index is 10.9. The molecule has 2 aromatic carbocycles. The van der Waals surface area contributed by atoms with Gasteiger partial charge in [0.2, 0.25) is 0 Å². The normalized spacial score (nSPS) is 14.5. The average Bonchev–Trinajstić information content (AvgIpc) is 2.56. The number of anilines is 1. The summed E-state index contributed by atoms with van der Waals surface area (Å²) in [5.74, 6) is 0.329. The standard InChI is InChI=1S/C16H15N3O3/c20-17-16(13-6-3-8-14(11-13)19(21)22)18-10-4-7-12-5-1-2-9-15(12)18/h1-3,5-6,8-9,11,20H,4,7,10H2/b17-16-. The molecule has 0 amide bonds. The molecule has 1 aliphatic rings. The fraction of sp³-hybridized carbons (Fsp3) is 0.188. The molecule has 0 saturated heterocycles. The van der Waals surface area contributed by atoms with E-state index in [0.717, 1.165) is 18.5 Å². The van der Waals surface area contributed by atoms with Crippen LogP contribution in [0.4, 0.5) is 11.4 Å². The molecule has 6 nitrogen and oxygen atoms in total. The van der Waals surface area contributed by atoms with Crippen molar-refractivity contribution in [3.05, 3.63) is 69.8 Å². The van der Waals surface area contributed by atoms with Gasteiger partial charge in [-0.2, -0.15) is 0 Å². The van der Waals surface area contributed by atoms with E-state index in [2.05, 4.69) is 5.16 Å². The van der Waals surface area contributed by atoms with Crippen molar-refractivity contribution in [3.8, 4) is 0 Å². The minimum absolute atomic E-state index is 0.0241. The van der Waals surface area contributed by atoms with Crippen molar-refractivity contribution in [1.29, 1.82) is 0 Å². The second-order valence-corrected chi connectivity index (χ2v) is 5.11. The summed E-state index contributed by atoms with van der Waals surface area (Å²) < 4.78 is 0. The van der Waals surface area contributed by atoms with Gasteiger partial charge in [0.1, 0.15) is 0 Å². The Morgan fingerprint density at radius 3 is 2.82 bits per heavy atom. The predicted octanol–water partition coefficient (Wildman–Crippen LogP) is 3.18. The van der Waals surface area contributed by atoms with Crippen LogP contribution in [0.25, 0.3) is 0 Å². The van der Waals surface area contributed by atoms with Gasteiger partial charge in [-0.15, -0.1) is 0 Å². The molecule has 1 aliphatic heterocycles. The Morgan fingerprint density at radius 1 is 1.23 bits per heavy atom. The molecule has 1 heterocycles. The van der Waals surface area contributed by atoms with E-state index in [9.17, 15) is 15.3 Å². The summed E-state index contributed by atoms with van der Waals surface area (Å²) in [6.45, 7) is 0.707. The molecule has 2 aromatic rings. The van der Waals surface area contributed by atoms with Crippen molar-refractivity contribution in [2.75, 3.05) is 11.4 Å². The molecular formula is C16H15N3O3. The second-order valence-electron chi connectivity index (χ2n) is 5.11. The summed E-state index contributed by atoms with van der Waals surface area (Å²) in [6, 6.07) is 14.1. The molecule has 112 valence electrons. The number of nitro groups is 1. The number of nitrogens with zero attached hydrogens (tertiary/aromatic N) is 3. The van der Waals surface area contributed by atoms with Crippen LogP contribution in [0.15, 0.2) is 53.7 Å². The van der Waals surface area contributed by atoms with Gasteiger partial charge in [-0.25, -0.2) is 0 Å². The molecule has 0 spiro atoms. The minimum atomic E-state index is -0.456. The van der Waals surface area contributed by atoms with E-state index in [1.54, 1.807) is 12.1 Å². The molecule has 0 saturated carbocycles. The Kier molecular flexibility index (Phi) is 3.74. The molecule has 0 radical (unpaired) electrons. The highest BCUT2D eigenvalue weighted by Crippen LogP contribution is 2.29. The molecule has 3 rings (SSSR count). The Balaban J connectivity index is 2.03. The lowest BCUT2D eigenvalue weighted by Gasteiger charge is -2.31. The van der Waals surface area contributed by atoms with Gasteiger partial charge in [-0.05, 0) is 24.5 Å². The van der Waals surface area contributed by atoms with Crippen LogP contribution in [0.1, 0.15) is 17.5 Å². The van der Waals surface area contributed by atoms with Gasteiger partial charge >= 0.3 is 0 Å². The zero-order valence-electron chi connectivity index (χ0n) is 11.8. The van der Waals surface area contributed by atoms with E-state index in [-0.39, 0.29) is 5.69 Å². The van der Waals surface area contributed by atoms with Crippen molar-refractivity contribution in [2.45, 2.75) is 12.8 Å². The Morgan fingerprint density at radius 2 is 2.05 bits per heavy atom. The van der Waals surface area contributed by atoms with Gasteiger partial charge in [0.05, 0.1) is 4.92 Å². The average molecular weight is 297 g/mol. The number of rotatable bonds is 2. The van der Waals surface area contributed by atoms with Crippen molar-refractivity contribution in [2.24, 2.45) is 5.16 Å². The molecule has 0 fully saturated rings. The van der Waals surface area contributed by atoms with Crippen LogP contribution in [0.2, 0.25) is 0 Å². The molecule has 1 N–H and O–H groups in total. The summed E-state index contributed by atoms with van der Waals surface area (Å²) in [4.78, 5) is 12.4. The smallest absolute Gasteiger partial charge is 0.270 e. The number of fused-ring (bicyclic) bond motifs is 1. The van der Waals surface area contributed by atoms with Gasteiger partial charge in [0.15, 0.2) is 5.84 Å². The highest BCUT2D eigenvalue weighted by molar-refractivity contribution is 6.10. The number of aryl methyl sites for hydroxylation is 1. The third-order valence-corrected chi connectivity index (χ3v) is 3.78. The Labute approximate surface area is 127 Å². The summed E-state index contributed by atoms with van der Waals surface area (Å²) >= 11 is 0. The third kappa shape index (κ3) is 2.50. The topological polar surface area (TPSA) is 79.0 Å². The number of amidine groups is 1. The first-order valence-electron chi connectivity index (χ1n) is 7.03. The molecule has 0 unspecified atom stereocenters. The molecular weight excluding hydrogens is 282 g/mol. The first-order chi connectivity index (χ1) is 10.7. The van der Waals surface area contributed by atoms with Crippen LogP contribution in [0, 0.1) is 10.1 Å². The third-order valence-electron chi connectivity index (χ3n) is 3.78. The fourth-order valence-corrected chi connectivity index (χ4v) is 2.78. The van der Waals surface area contributed by atoms with Crippen LogP contribution >= 0.6 is 0 Å². The van der Waals surface area contributed by atoms with Gasteiger partial charge < -0.3 is 10.1 Å². The van der Waals surface area contributed by atoms with Gasteiger partial charge in [0.25, 0.3) is 5.69 Å². The number of nitro benzene ring substituents is 1. The number of oxime groups is 1. The largest absolute Gasteiger partial charge is 0.409 e. The maximum absolute atomic E-state index is 10.9. The van der Waals surface area contributed by atoms with Crippen LogP contribution in [-0.4, -0.2) is 22.5 Å². The first-order valence-corrected chi connectivity index (χ1v) is 7.03. The van der Waals surface area contributed by atoms with Crippen LogP contribution in [0.5, 0.6) is 0 Å². The number of hydrogen-bond acceptors (Lipinski definition) is 4. The fourth-order valence-electron chi connectivity index (χ4n) is 2.78. The van der Waals surface area contributed by atoms with E-state index in [1.807, 2.05) is 29.2 Å². The number of para-hydroxylation sites is 1. The highest BCUT2D eigenvalue weighted by atomic mass is 16.6. The molecule has 0 bridgehead atoms. The Bertz CT molecular complexity index is 743. The van der Waals surface area contributed by atoms with Crippen LogP contribution in [0.3, 0.4) is 0 Å². The summed E-state index contributed by atoms with van der Waals surface area (Å²) in [5, 5.41) is 23.8. The van der Waals surface area contributed by atoms with Crippen molar-refractivity contribution in [1.82, 2.24) is 0 Å². The second kappa shape index (κ2) is 5.85. The Hall–Kier alpha value is -2.89. The summed E-state index contributed by atoms with van der Waals surface area (Å²) in [7, 11) is 0. The monoisotopic (exact) mass is 297 g/mol. The minimum Gasteiger partial charge on any atom is -0.409 e. The summed E-state index contributed by atoms with van der Waals surface area (Å²) in [5.41, 5.74) is 2.66. The number of hydrogen-bond donors (Lipinski definition) is 1. The molecule has 6 heteroatoms. The van der Waals surface area contributed by atoms with Gasteiger partial charge in [-0.3, -0.25) is 10.1 Å². The zero-order valence-corrected chi connectivity index (χ0v) is 11.8. The zero-order chi connectivity index (χ0) is 15.5. The van der Waals surface area contributed by atoms with E-state index in [0.29, 0.717) is 17.9 Å². The number of non-ortho nitro benzene ring substituents is 1. The van der Waals surface area contributed by atoms with E-state index >= 15 is 0 Å². The van der Waals surface area contributed by atoms with Gasteiger partial charge in [0, 0.05) is 29.9 Å². The van der Waals surface area contributed by atoms with E-state index in [4.69, 9.17) is 0 Å². The van der Waals surface area contributed by atoms with E-state index in [1.165, 1.54) is 17.7 Å².